The van der Waals surface area contributed by atoms with E-state index in [0.717, 1.165) is 5.56 Å². The molecule has 0 fully saturated rings. The van der Waals surface area contributed by atoms with Crippen LogP contribution in [0, 0.1) is 0 Å². The number of carbonyl (C=O) groups is 1. The lowest BCUT2D eigenvalue weighted by Gasteiger charge is -2.18. The van der Waals surface area contributed by atoms with E-state index in [2.05, 4.69) is 15.8 Å². The Labute approximate surface area is 106 Å². The summed E-state index contributed by atoms with van der Waals surface area (Å²) in [5.74, 6) is 0.00343. The van der Waals surface area contributed by atoms with E-state index in [0.29, 0.717) is 6.42 Å². The number of nitrogens with one attached hydrogen (secondary N) is 2. The molecule has 1 aromatic rings. The normalized spacial score (nSPS) is 13.1. The second-order valence-electron chi connectivity index (χ2n) is 3.81. The van der Waals surface area contributed by atoms with Crippen molar-refractivity contribution in [3.63, 3.8) is 0 Å². The lowest BCUT2D eigenvalue weighted by Crippen LogP contribution is -2.35. The molecule has 0 bridgehead atoms. The number of hydrogen-bond donors (Lipinski definition) is 4. The standard InChI is InChI=1S/C12H18N4O2/c1-14-12(17)8-15-10(7-11(13)16-18)9-5-3-2-4-6-9/h2-6,10,15,18H,7-8H2,1H3,(H2,13,16)(H,14,17). The SMILES string of the molecule is CNC(=O)CNC(C/C(N)=N/O)c1ccccc1. The van der Waals surface area contributed by atoms with Crippen molar-refractivity contribution in [3.05, 3.63) is 35.9 Å². The van der Waals surface area contributed by atoms with Crippen molar-refractivity contribution in [3.8, 4) is 0 Å². The average Bonchev–Trinajstić information content (AvgIpc) is 2.43. The number of benzene rings is 1. The van der Waals surface area contributed by atoms with Crippen molar-refractivity contribution in [2.24, 2.45) is 10.9 Å². The third-order valence-corrected chi connectivity index (χ3v) is 2.53. The molecule has 1 rings (SSSR count). The minimum absolute atomic E-state index is 0.115. The molecule has 0 heterocycles. The molecule has 1 atom stereocenters. The van der Waals surface area contributed by atoms with E-state index in [1.807, 2.05) is 30.3 Å². The highest BCUT2D eigenvalue weighted by Crippen LogP contribution is 2.15. The number of oxime groups is 1. The Morgan fingerprint density at radius 3 is 2.67 bits per heavy atom. The minimum atomic E-state index is -0.167. The highest BCUT2D eigenvalue weighted by atomic mass is 16.4. The van der Waals surface area contributed by atoms with Gasteiger partial charge in [-0.3, -0.25) is 4.79 Å². The largest absolute Gasteiger partial charge is 0.409 e. The Bertz CT molecular complexity index is 406. The smallest absolute Gasteiger partial charge is 0.233 e. The molecule has 0 saturated heterocycles. The van der Waals surface area contributed by atoms with Gasteiger partial charge < -0.3 is 21.6 Å². The number of nitrogens with two attached hydrogens (primary N) is 1. The monoisotopic (exact) mass is 250 g/mol. The van der Waals surface area contributed by atoms with Crippen LogP contribution in [0.1, 0.15) is 18.0 Å². The van der Waals surface area contributed by atoms with Crippen LogP contribution in [0.25, 0.3) is 0 Å². The third-order valence-electron chi connectivity index (χ3n) is 2.53. The van der Waals surface area contributed by atoms with Crippen molar-refractivity contribution >= 4 is 11.7 Å². The Balaban J connectivity index is 2.72. The van der Waals surface area contributed by atoms with Crippen molar-refractivity contribution in [2.45, 2.75) is 12.5 Å². The predicted octanol–water partition coefficient (Wildman–Crippen LogP) is 0.200. The summed E-state index contributed by atoms with van der Waals surface area (Å²) in [6.45, 7) is 0.175. The number of carbonyl (C=O) groups excluding carboxylic acids is 1. The molecule has 0 aromatic heterocycles. The Morgan fingerprint density at radius 1 is 1.44 bits per heavy atom. The number of rotatable bonds is 6. The molecule has 6 nitrogen and oxygen atoms in total. The molecule has 0 radical (unpaired) electrons. The van der Waals surface area contributed by atoms with E-state index in [4.69, 9.17) is 10.9 Å². The maximum Gasteiger partial charge on any atom is 0.233 e. The van der Waals surface area contributed by atoms with Gasteiger partial charge in [0.1, 0.15) is 5.84 Å². The molecule has 1 amide bonds. The van der Waals surface area contributed by atoms with Gasteiger partial charge in [0.25, 0.3) is 0 Å². The highest BCUT2D eigenvalue weighted by molar-refractivity contribution is 5.81. The summed E-state index contributed by atoms with van der Waals surface area (Å²) < 4.78 is 0. The summed E-state index contributed by atoms with van der Waals surface area (Å²) in [6.07, 6.45) is 0.331. The first-order valence-electron chi connectivity index (χ1n) is 5.62. The lowest BCUT2D eigenvalue weighted by atomic mass is 10.0. The van der Waals surface area contributed by atoms with Gasteiger partial charge in [0, 0.05) is 19.5 Å². The predicted molar refractivity (Wildman–Crippen MR) is 69.3 cm³/mol. The van der Waals surface area contributed by atoms with Crippen LogP contribution in [0.4, 0.5) is 0 Å². The first-order valence-corrected chi connectivity index (χ1v) is 5.62. The molecule has 0 spiro atoms. The second-order valence-corrected chi connectivity index (χ2v) is 3.81. The molecule has 0 aliphatic rings. The maximum absolute atomic E-state index is 11.2. The van der Waals surface area contributed by atoms with Gasteiger partial charge in [0.2, 0.25) is 5.91 Å². The van der Waals surface area contributed by atoms with E-state index in [1.54, 1.807) is 7.05 Å². The zero-order valence-corrected chi connectivity index (χ0v) is 10.3. The van der Waals surface area contributed by atoms with Crippen molar-refractivity contribution in [1.82, 2.24) is 10.6 Å². The Morgan fingerprint density at radius 2 is 2.11 bits per heavy atom. The molecule has 18 heavy (non-hydrogen) atoms. The van der Waals surface area contributed by atoms with Gasteiger partial charge in [0.15, 0.2) is 0 Å². The molecule has 0 saturated carbocycles. The molecule has 5 N–H and O–H groups in total. The third kappa shape index (κ3) is 4.42. The molecule has 0 aliphatic heterocycles. The van der Waals surface area contributed by atoms with E-state index >= 15 is 0 Å². The highest BCUT2D eigenvalue weighted by Gasteiger charge is 2.14. The summed E-state index contributed by atoms with van der Waals surface area (Å²) >= 11 is 0. The van der Waals surface area contributed by atoms with Gasteiger partial charge in [-0.2, -0.15) is 0 Å². The van der Waals surface area contributed by atoms with Gasteiger partial charge in [0.05, 0.1) is 6.54 Å². The van der Waals surface area contributed by atoms with Gasteiger partial charge in [-0.25, -0.2) is 0 Å². The first kappa shape index (κ1) is 14.0. The minimum Gasteiger partial charge on any atom is -0.409 e. The van der Waals surface area contributed by atoms with Crippen molar-refractivity contribution < 1.29 is 10.0 Å². The number of amides is 1. The van der Waals surface area contributed by atoms with E-state index in [9.17, 15) is 4.79 Å². The van der Waals surface area contributed by atoms with E-state index < -0.39 is 0 Å². The van der Waals surface area contributed by atoms with Crippen LogP contribution >= 0.6 is 0 Å². The quantitative estimate of drug-likeness (QED) is 0.251. The summed E-state index contributed by atoms with van der Waals surface area (Å²) in [7, 11) is 1.57. The van der Waals surface area contributed by atoms with Crippen LogP contribution < -0.4 is 16.4 Å². The van der Waals surface area contributed by atoms with Crippen LogP contribution in [-0.4, -0.2) is 30.5 Å². The van der Waals surface area contributed by atoms with Crippen LogP contribution in [0.5, 0.6) is 0 Å². The molecular weight excluding hydrogens is 232 g/mol. The molecule has 1 unspecified atom stereocenters. The zero-order valence-electron chi connectivity index (χ0n) is 10.3. The lowest BCUT2D eigenvalue weighted by molar-refractivity contribution is -0.119. The molecular formula is C12H18N4O2. The van der Waals surface area contributed by atoms with Gasteiger partial charge in [-0.15, -0.1) is 0 Å². The molecule has 1 aromatic carbocycles. The van der Waals surface area contributed by atoms with Crippen LogP contribution in [0.3, 0.4) is 0 Å². The van der Waals surface area contributed by atoms with Crippen LogP contribution in [0.15, 0.2) is 35.5 Å². The summed E-state index contributed by atoms with van der Waals surface area (Å²) in [5, 5.41) is 17.2. The number of nitrogens with zero attached hydrogens (tertiary/aromatic N) is 1. The van der Waals surface area contributed by atoms with Gasteiger partial charge >= 0.3 is 0 Å². The van der Waals surface area contributed by atoms with Crippen LogP contribution in [-0.2, 0) is 4.79 Å². The fourth-order valence-electron chi connectivity index (χ4n) is 1.55. The first-order chi connectivity index (χ1) is 8.67. The fraction of sp³-hybridized carbons (Fsp3) is 0.333. The van der Waals surface area contributed by atoms with Crippen LogP contribution in [0.2, 0.25) is 0 Å². The van der Waals surface area contributed by atoms with E-state index in [-0.39, 0.29) is 24.3 Å². The summed E-state index contributed by atoms with van der Waals surface area (Å²) in [5.41, 5.74) is 6.49. The second kappa shape index (κ2) is 7.29. The maximum atomic E-state index is 11.2. The molecule has 98 valence electrons. The Hall–Kier alpha value is -2.08. The summed E-state index contributed by atoms with van der Waals surface area (Å²) in [4.78, 5) is 11.2. The number of likely N-dealkylation sites (N-methyl/N-ethyl adjacent to an activating group) is 1. The Kier molecular flexibility index (Phi) is 5.66. The topological polar surface area (TPSA) is 99.7 Å². The molecule has 0 aliphatic carbocycles. The van der Waals surface area contributed by atoms with Gasteiger partial charge in [-0.1, -0.05) is 35.5 Å². The van der Waals surface area contributed by atoms with Gasteiger partial charge in [-0.05, 0) is 5.56 Å². The number of amidine groups is 1. The van der Waals surface area contributed by atoms with E-state index in [1.165, 1.54) is 0 Å². The van der Waals surface area contributed by atoms with Crippen molar-refractivity contribution in [1.29, 1.82) is 0 Å². The summed E-state index contributed by atoms with van der Waals surface area (Å²) in [6, 6.07) is 9.38. The fourth-order valence-corrected chi connectivity index (χ4v) is 1.55. The zero-order chi connectivity index (χ0) is 13.4. The molecule has 6 heteroatoms. The average molecular weight is 250 g/mol. The number of hydrogen-bond acceptors (Lipinski definition) is 4. The van der Waals surface area contributed by atoms with Crippen molar-refractivity contribution in [2.75, 3.05) is 13.6 Å².